The van der Waals surface area contributed by atoms with Crippen LogP contribution in [0.2, 0.25) is 0 Å². The average molecular weight is 476 g/mol. The Bertz CT molecular complexity index is 1080. The highest BCUT2D eigenvalue weighted by atomic mass is 79.9. The molecule has 1 N–H and O–H groups in total. The lowest BCUT2D eigenvalue weighted by Crippen LogP contribution is -2.27. The molecule has 0 spiro atoms. The van der Waals surface area contributed by atoms with E-state index in [1.54, 1.807) is 12.1 Å². The molecule has 8 heteroatoms. The van der Waals surface area contributed by atoms with Crippen LogP contribution < -0.4 is 5.32 Å². The van der Waals surface area contributed by atoms with E-state index in [1.807, 2.05) is 36.2 Å². The van der Waals surface area contributed by atoms with Gasteiger partial charge in [0.25, 0.3) is 10.0 Å². The van der Waals surface area contributed by atoms with Gasteiger partial charge in [-0.3, -0.25) is 4.79 Å². The maximum Gasteiger partial charge on any atom is 0.283 e. The molecule has 4 rings (SSSR count). The van der Waals surface area contributed by atoms with Crippen LogP contribution in [0, 0.1) is 0 Å². The van der Waals surface area contributed by atoms with Gasteiger partial charge in [0.15, 0.2) is 0 Å². The molecule has 2 aliphatic rings. The molecule has 0 bridgehead atoms. The molecule has 1 heterocycles. The minimum Gasteiger partial charge on any atom is -0.362 e. The van der Waals surface area contributed by atoms with Gasteiger partial charge in [0.1, 0.15) is 5.84 Å². The van der Waals surface area contributed by atoms with E-state index in [0.29, 0.717) is 17.9 Å². The Labute approximate surface area is 179 Å². The summed E-state index contributed by atoms with van der Waals surface area (Å²) in [6.45, 7) is 0.819. The summed E-state index contributed by atoms with van der Waals surface area (Å²) in [5.41, 5.74) is 1.05. The van der Waals surface area contributed by atoms with Crippen molar-refractivity contribution in [3.63, 3.8) is 0 Å². The summed E-state index contributed by atoms with van der Waals surface area (Å²) in [6, 6.07) is 14.0. The second-order valence-electron chi connectivity index (χ2n) is 7.58. The number of anilines is 1. The molecule has 0 unspecified atom stereocenters. The van der Waals surface area contributed by atoms with Gasteiger partial charge in [-0.1, -0.05) is 28.1 Å². The van der Waals surface area contributed by atoms with Crippen molar-refractivity contribution in [3.05, 3.63) is 58.6 Å². The van der Waals surface area contributed by atoms with Crippen molar-refractivity contribution in [3.8, 4) is 0 Å². The lowest BCUT2D eigenvalue weighted by atomic mass is 9.95. The number of carbonyl (C=O) groups is 1. The first-order valence-corrected chi connectivity index (χ1v) is 11.8. The van der Waals surface area contributed by atoms with E-state index in [4.69, 9.17) is 0 Å². The molecule has 0 radical (unpaired) electrons. The first kappa shape index (κ1) is 20.1. The van der Waals surface area contributed by atoms with E-state index in [9.17, 15) is 13.2 Å². The molecule has 1 amide bonds. The topological polar surface area (TPSA) is 78.8 Å². The Morgan fingerprint density at radius 2 is 1.90 bits per heavy atom. The molecule has 2 aromatic rings. The van der Waals surface area contributed by atoms with Gasteiger partial charge in [0.2, 0.25) is 5.91 Å². The second-order valence-corrected chi connectivity index (χ2v) is 10.1. The summed E-state index contributed by atoms with van der Waals surface area (Å²) in [5, 5.41) is 2.93. The second kappa shape index (κ2) is 7.57. The summed E-state index contributed by atoms with van der Waals surface area (Å²) in [5.74, 6) is 0.520. The number of amides is 1. The Hall–Kier alpha value is -2.19. The van der Waals surface area contributed by atoms with Crippen LogP contribution in [0.3, 0.4) is 0 Å². The zero-order valence-corrected chi connectivity index (χ0v) is 18.5. The van der Waals surface area contributed by atoms with Crippen molar-refractivity contribution in [2.75, 3.05) is 18.9 Å². The molecule has 1 saturated carbocycles. The number of sulfonamides is 1. The van der Waals surface area contributed by atoms with Crippen molar-refractivity contribution < 1.29 is 13.2 Å². The molecule has 2 fully saturated rings. The van der Waals surface area contributed by atoms with E-state index < -0.39 is 15.4 Å². The maximum atomic E-state index is 12.9. The highest BCUT2D eigenvalue weighted by molar-refractivity contribution is 9.10. The van der Waals surface area contributed by atoms with Crippen LogP contribution in [0.25, 0.3) is 0 Å². The molecule has 1 aliphatic carbocycles. The van der Waals surface area contributed by atoms with Crippen LogP contribution in [-0.2, 0) is 20.2 Å². The number of rotatable bonds is 5. The Kier molecular flexibility index (Phi) is 5.25. The van der Waals surface area contributed by atoms with Crippen molar-refractivity contribution in [1.82, 2.24) is 4.90 Å². The van der Waals surface area contributed by atoms with Crippen LogP contribution in [0.4, 0.5) is 5.69 Å². The van der Waals surface area contributed by atoms with E-state index in [1.165, 1.54) is 12.1 Å². The van der Waals surface area contributed by atoms with Gasteiger partial charge in [-0.2, -0.15) is 8.42 Å². The zero-order valence-electron chi connectivity index (χ0n) is 16.1. The smallest absolute Gasteiger partial charge is 0.283 e. The number of hydrogen-bond donors (Lipinski definition) is 1. The number of halogens is 1. The first-order valence-electron chi connectivity index (χ1n) is 9.53. The summed E-state index contributed by atoms with van der Waals surface area (Å²) in [7, 11) is -1.91. The Morgan fingerprint density at radius 3 is 2.48 bits per heavy atom. The lowest BCUT2D eigenvalue weighted by Gasteiger charge is -2.16. The number of nitrogens with zero attached hydrogens (tertiary/aromatic N) is 2. The van der Waals surface area contributed by atoms with Gasteiger partial charge < -0.3 is 10.2 Å². The number of amidine groups is 1. The lowest BCUT2D eigenvalue weighted by molar-refractivity contribution is -0.118. The molecule has 0 atom stereocenters. The maximum absolute atomic E-state index is 12.9. The summed E-state index contributed by atoms with van der Waals surface area (Å²) >= 11 is 3.46. The molecule has 2 aromatic carbocycles. The highest BCUT2D eigenvalue weighted by Gasteiger charge is 2.51. The molecule has 1 aliphatic heterocycles. The first-order chi connectivity index (χ1) is 13.8. The molecular formula is C21H22BrN3O3S. The number of hydrogen-bond acceptors (Lipinski definition) is 3. The standard InChI is InChI=1S/C21H22BrN3O3S/c1-25-13-3-6-19(25)24-29(27,28)18-9-7-17(8-10-18)23-20(26)21(11-12-21)15-4-2-5-16(22)14-15/h2,4-5,7-10,14H,3,6,11-13H2,1H3,(H,23,26)/b24-19+. The minimum atomic E-state index is -3.76. The fourth-order valence-corrected chi connectivity index (χ4v) is 5.11. The fraction of sp³-hybridized carbons (Fsp3) is 0.333. The zero-order chi connectivity index (χ0) is 20.6. The average Bonchev–Trinajstić information content (AvgIpc) is 3.41. The summed E-state index contributed by atoms with van der Waals surface area (Å²) < 4.78 is 30.0. The normalized spacial score (nSPS) is 19.4. The van der Waals surface area contributed by atoms with Gasteiger partial charge in [0.05, 0.1) is 10.3 Å². The van der Waals surface area contributed by atoms with Crippen molar-refractivity contribution in [1.29, 1.82) is 0 Å². The third kappa shape index (κ3) is 4.09. The van der Waals surface area contributed by atoms with Crippen LogP contribution >= 0.6 is 15.9 Å². The Morgan fingerprint density at radius 1 is 1.17 bits per heavy atom. The molecule has 152 valence electrons. The van der Waals surface area contributed by atoms with E-state index in [0.717, 1.165) is 35.8 Å². The predicted molar refractivity (Wildman–Crippen MR) is 117 cm³/mol. The number of likely N-dealkylation sites (tertiary alicyclic amines) is 1. The van der Waals surface area contributed by atoms with Gasteiger partial charge in [-0.05, 0) is 61.2 Å². The molecule has 1 saturated heterocycles. The SMILES string of the molecule is CN1CCC/C1=N\S(=O)(=O)c1ccc(NC(=O)C2(c3cccc(Br)c3)CC2)cc1. The summed E-state index contributed by atoms with van der Waals surface area (Å²) in [6.07, 6.45) is 3.18. The van der Waals surface area contributed by atoms with Crippen LogP contribution in [0.5, 0.6) is 0 Å². The predicted octanol–water partition coefficient (Wildman–Crippen LogP) is 3.93. The molecule has 6 nitrogen and oxygen atoms in total. The largest absolute Gasteiger partial charge is 0.362 e. The van der Waals surface area contributed by atoms with Crippen molar-refractivity contribution >= 4 is 43.4 Å². The number of nitrogens with one attached hydrogen (secondary N) is 1. The Balaban J connectivity index is 1.49. The van der Waals surface area contributed by atoms with E-state index in [-0.39, 0.29) is 10.8 Å². The third-order valence-corrected chi connectivity index (χ3v) is 7.34. The van der Waals surface area contributed by atoms with Gasteiger partial charge >= 0.3 is 0 Å². The van der Waals surface area contributed by atoms with E-state index in [2.05, 4.69) is 25.6 Å². The van der Waals surface area contributed by atoms with E-state index >= 15 is 0 Å². The van der Waals surface area contributed by atoms with Crippen LogP contribution in [-0.4, -0.2) is 38.7 Å². The highest BCUT2D eigenvalue weighted by Crippen LogP contribution is 2.49. The third-order valence-electron chi connectivity index (χ3n) is 5.53. The molecule has 0 aromatic heterocycles. The molecular weight excluding hydrogens is 454 g/mol. The monoisotopic (exact) mass is 475 g/mol. The van der Waals surface area contributed by atoms with Crippen LogP contribution in [0.15, 0.2) is 62.3 Å². The summed E-state index contributed by atoms with van der Waals surface area (Å²) in [4.78, 5) is 14.9. The fourth-order valence-electron chi connectivity index (χ4n) is 3.62. The van der Waals surface area contributed by atoms with Crippen LogP contribution in [0.1, 0.15) is 31.2 Å². The van der Waals surface area contributed by atoms with Crippen molar-refractivity contribution in [2.24, 2.45) is 4.40 Å². The number of carbonyl (C=O) groups excluding carboxylic acids is 1. The minimum absolute atomic E-state index is 0.0703. The quantitative estimate of drug-likeness (QED) is 0.710. The van der Waals surface area contributed by atoms with Gasteiger partial charge in [0, 0.05) is 30.2 Å². The van der Waals surface area contributed by atoms with Gasteiger partial charge in [-0.25, -0.2) is 0 Å². The van der Waals surface area contributed by atoms with Gasteiger partial charge in [-0.15, -0.1) is 4.40 Å². The number of benzene rings is 2. The van der Waals surface area contributed by atoms with Crippen molar-refractivity contribution in [2.45, 2.75) is 36.0 Å². The molecule has 29 heavy (non-hydrogen) atoms.